The van der Waals surface area contributed by atoms with Crippen molar-refractivity contribution in [3.63, 3.8) is 0 Å². The summed E-state index contributed by atoms with van der Waals surface area (Å²) in [6, 6.07) is 13.4. The third-order valence-corrected chi connectivity index (χ3v) is 4.51. The van der Waals surface area contributed by atoms with E-state index >= 15 is 0 Å². The third-order valence-electron chi connectivity index (χ3n) is 3.43. The minimum atomic E-state index is -0.585. The van der Waals surface area contributed by atoms with Crippen LogP contribution < -0.4 is 16.4 Å². The summed E-state index contributed by atoms with van der Waals surface area (Å²) >= 11 is 1.10. The number of hydrogen-bond donors (Lipinski definition) is 4. The quantitative estimate of drug-likeness (QED) is 0.501. The molecule has 7 nitrogen and oxygen atoms in total. The van der Waals surface area contributed by atoms with Crippen LogP contribution in [0.2, 0.25) is 0 Å². The largest absolute Gasteiger partial charge is 0.368 e. The number of amidine groups is 1. The van der Waals surface area contributed by atoms with Crippen molar-refractivity contribution in [2.45, 2.75) is 11.7 Å². The maximum Gasteiger partial charge on any atom is 0.240 e. The Morgan fingerprint density at radius 3 is 2.83 bits per heavy atom. The molecule has 24 heavy (non-hydrogen) atoms. The molecule has 0 spiro atoms. The first-order valence-electron chi connectivity index (χ1n) is 7.21. The molecular weight excluding hydrogens is 326 g/mol. The van der Waals surface area contributed by atoms with Crippen molar-refractivity contribution < 1.29 is 9.59 Å². The van der Waals surface area contributed by atoms with E-state index in [1.165, 1.54) is 0 Å². The Morgan fingerprint density at radius 1 is 1.29 bits per heavy atom. The number of amides is 2. The van der Waals surface area contributed by atoms with Gasteiger partial charge in [-0.3, -0.25) is 15.0 Å². The number of fused-ring (bicyclic) bond motifs is 1. The molecule has 2 aromatic carbocycles. The van der Waals surface area contributed by atoms with Gasteiger partial charge in [0.2, 0.25) is 17.8 Å². The first-order valence-corrected chi connectivity index (χ1v) is 8.09. The molecule has 5 N–H and O–H groups in total. The van der Waals surface area contributed by atoms with E-state index in [0.717, 1.165) is 22.5 Å². The molecule has 0 aliphatic carbocycles. The van der Waals surface area contributed by atoms with E-state index in [0.29, 0.717) is 5.69 Å². The molecule has 1 saturated heterocycles. The van der Waals surface area contributed by atoms with E-state index in [-0.39, 0.29) is 23.4 Å². The highest BCUT2D eigenvalue weighted by Crippen LogP contribution is 2.25. The molecule has 0 radical (unpaired) electrons. The molecular formula is C16H15N5O2S. The van der Waals surface area contributed by atoms with Gasteiger partial charge in [0.1, 0.15) is 5.25 Å². The number of anilines is 1. The predicted octanol–water partition coefficient (Wildman–Crippen LogP) is 1.65. The molecule has 8 heteroatoms. The van der Waals surface area contributed by atoms with Crippen molar-refractivity contribution in [2.24, 2.45) is 10.7 Å². The lowest BCUT2D eigenvalue weighted by atomic mass is 10.1. The Balaban J connectivity index is 1.70. The summed E-state index contributed by atoms with van der Waals surface area (Å²) in [5.74, 6) is -0.963. The monoisotopic (exact) mass is 341 g/mol. The fraction of sp³-hybridized carbons (Fsp3) is 0.125. The summed E-state index contributed by atoms with van der Waals surface area (Å²) in [6.07, 6.45) is 0.0106. The van der Waals surface area contributed by atoms with Crippen LogP contribution in [0.1, 0.15) is 6.42 Å². The normalized spacial score (nSPS) is 18.6. The van der Waals surface area contributed by atoms with Crippen LogP contribution in [0, 0.1) is 5.41 Å². The molecule has 2 amide bonds. The van der Waals surface area contributed by atoms with Crippen LogP contribution in [-0.4, -0.2) is 28.2 Å². The lowest BCUT2D eigenvalue weighted by Gasteiger charge is -2.10. The highest BCUT2D eigenvalue weighted by atomic mass is 32.2. The molecule has 3 rings (SSSR count). The third kappa shape index (κ3) is 3.54. The fourth-order valence-corrected chi connectivity index (χ4v) is 3.39. The number of nitrogens with zero attached hydrogens (tertiary/aromatic N) is 1. The van der Waals surface area contributed by atoms with E-state index in [4.69, 9.17) is 11.1 Å². The molecule has 1 fully saturated rings. The number of nitrogens with two attached hydrogens (primary N) is 1. The lowest BCUT2D eigenvalue weighted by Crippen LogP contribution is -2.28. The topological polar surface area (TPSA) is 120 Å². The van der Waals surface area contributed by atoms with E-state index in [2.05, 4.69) is 15.6 Å². The molecule has 0 saturated carbocycles. The zero-order valence-electron chi connectivity index (χ0n) is 12.6. The Bertz CT molecular complexity index is 859. The van der Waals surface area contributed by atoms with Gasteiger partial charge >= 0.3 is 0 Å². The van der Waals surface area contributed by atoms with Crippen molar-refractivity contribution >= 4 is 51.2 Å². The molecule has 1 atom stereocenters. The van der Waals surface area contributed by atoms with Gasteiger partial charge in [0.25, 0.3) is 0 Å². The maximum absolute atomic E-state index is 12.3. The Labute approximate surface area is 142 Å². The minimum absolute atomic E-state index is 0.0106. The van der Waals surface area contributed by atoms with Gasteiger partial charge in [-0.15, -0.1) is 0 Å². The number of guanidine groups is 1. The number of rotatable bonds is 3. The van der Waals surface area contributed by atoms with Crippen LogP contribution in [0.4, 0.5) is 5.69 Å². The average Bonchev–Trinajstić information content (AvgIpc) is 2.86. The van der Waals surface area contributed by atoms with Crippen molar-refractivity contribution in [2.75, 3.05) is 5.32 Å². The van der Waals surface area contributed by atoms with Crippen LogP contribution in [0.5, 0.6) is 0 Å². The van der Waals surface area contributed by atoms with E-state index < -0.39 is 11.2 Å². The lowest BCUT2D eigenvalue weighted by molar-refractivity contribution is -0.122. The van der Waals surface area contributed by atoms with Gasteiger partial charge < -0.3 is 16.4 Å². The zero-order chi connectivity index (χ0) is 17.1. The van der Waals surface area contributed by atoms with Crippen LogP contribution in [0.3, 0.4) is 0 Å². The summed E-state index contributed by atoms with van der Waals surface area (Å²) in [5.41, 5.74) is 5.88. The van der Waals surface area contributed by atoms with E-state index in [1.807, 2.05) is 42.5 Å². The number of carbonyl (C=O) groups excluding carboxylic acids is 2. The summed E-state index contributed by atoms with van der Waals surface area (Å²) in [6.45, 7) is 0. The van der Waals surface area contributed by atoms with Crippen LogP contribution >= 0.6 is 11.8 Å². The van der Waals surface area contributed by atoms with Gasteiger partial charge in [-0.05, 0) is 11.5 Å². The molecule has 0 bridgehead atoms. The first-order chi connectivity index (χ1) is 11.5. The summed E-state index contributed by atoms with van der Waals surface area (Å²) in [4.78, 5) is 27.8. The summed E-state index contributed by atoms with van der Waals surface area (Å²) in [5, 5.41) is 14.1. The molecule has 2 aromatic rings. The molecule has 0 aromatic heterocycles. The van der Waals surface area contributed by atoms with Gasteiger partial charge in [-0.2, -0.15) is 4.99 Å². The number of hydrogen-bond acceptors (Lipinski definition) is 4. The highest BCUT2D eigenvalue weighted by molar-refractivity contribution is 8.15. The fourth-order valence-electron chi connectivity index (χ4n) is 2.41. The number of nitrogens with one attached hydrogen (secondary N) is 3. The van der Waals surface area contributed by atoms with E-state index in [9.17, 15) is 9.59 Å². The molecule has 1 aliphatic rings. The molecule has 1 heterocycles. The summed E-state index contributed by atoms with van der Waals surface area (Å²) in [7, 11) is 0. The minimum Gasteiger partial charge on any atom is -0.368 e. The Morgan fingerprint density at radius 2 is 2.04 bits per heavy atom. The Hall–Kier alpha value is -2.87. The molecule has 122 valence electrons. The Kier molecular flexibility index (Phi) is 4.48. The summed E-state index contributed by atoms with van der Waals surface area (Å²) < 4.78 is 0. The van der Waals surface area contributed by atoms with Crippen molar-refractivity contribution in [3.8, 4) is 0 Å². The van der Waals surface area contributed by atoms with Gasteiger partial charge in [0.15, 0.2) is 5.17 Å². The maximum atomic E-state index is 12.3. The first kappa shape index (κ1) is 16.0. The SMILES string of the molecule is N=C(N)N=C1NC(=O)C(CC(=O)Nc2cccc3ccccc23)S1. The van der Waals surface area contributed by atoms with Crippen LogP contribution in [-0.2, 0) is 9.59 Å². The smallest absolute Gasteiger partial charge is 0.240 e. The van der Waals surface area contributed by atoms with E-state index in [1.54, 1.807) is 0 Å². The molecule has 1 aliphatic heterocycles. The number of carbonyl (C=O) groups is 2. The number of aliphatic imine (C=N–C) groups is 1. The second-order valence-electron chi connectivity index (χ2n) is 5.18. The van der Waals surface area contributed by atoms with Crippen molar-refractivity contribution in [1.82, 2.24) is 5.32 Å². The van der Waals surface area contributed by atoms with Crippen LogP contribution in [0.15, 0.2) is 47.5 Å². The van der Waals surface area contributed by atoms with Gasteiger partial charge in [0, 0.05) is 17.5 Å². The standard InChI is InChI=1S/C16H15N5O2S/c17-15(18)21-16-20-14(23)12(24-16)8-13(22)19-11-7-3-5-9-4-1-2-6-10(9)11/h1-7,12H,8H2,(H,19,22)(H4,17,18,20,21,23). The van der Waals surface area contributed by atoms with Crippen molar-refractivity contribution in [1.29, 1.82) is 5.41 Å². The highest BCUT2D eigenvalue weighted by Gasteiger charge is 2.32. The molecule has 1 unspecified atom stereocenters. The van der Waals surface area contributed by atoms with Gasteiger partial charge in [-0.25, -0.2) is 0 Å². The van der Waals surface area contributed by atoms with Gasteiger partial charge in [0.05, 0.1) is 0 Å². The van der Waals surface area contributed by atoms with Crippen molar-refractivity contribution in [3.05, 3.63) is 42.5 Å². The van der Waals surface area contributed by atoms with Gasteiger partial charge in [-0.1, -0.05) is 48.2 Å². The average molecular weight is 341 g/mol. The second kappa shape index (κ2) is 6.71. The zero-order valence-corrected chi connectivity index (χ0v) is 13.4. The number of thioether (sulfide) groups is 1. The van der Waals surface area contributed by atoms with Crippen LogP contribution in [0.25, 0.3) is 10.8 Å². The second-order valence-corrected chi connectivity index (χ2v) is 6.37. The number of benzene rings is 2. The predicted molar refractivity (Wildman–Crippen MR) is 96.1 cm³/mol.